The van der Waals surface area contributed by atoms with Gasteiger partial charge in [0.15, 0.2) is 0 Å². The van der Waals surface area contributed by atoms with Crippen molar-refractivity contribution in [3.63, 3.8) is 0 Å². The monoisotopic (exact) mass is 183 g/mol. The molecule has 0 amide bonds. The molecule has 0 aromatic carbocycles. The van der Waals surface area contributed by atoms with Gasteiger partial charge in [-0.1, -0.05) is 6.92 Å². The Balaban J connectivity index is 2.49. The fraction of sp³-hybridized carbons (Fsp3) is 1.00. The predicted molar refractivity (Wildman–Crippen MR) is 52.8 cm³/mol. The van der Waals surface area contributed by atoms with E-state index >= 15 is 0 Å². The molecule has 1 aliphatic heterocycles. The van der Waals surface area contributed by atoms with Gasteiger partial charge in [0, 0.05) is 24.1 Å². The highest BCUT2D eigenvalue weighted by Crippen LogP contribution is 2.61. The van der Waals surface area contributed by atoms with E-state index in [0.717, 1.165) is 18.8 Å². The lowest BCUT2D eigenvalue weighted by Crippen LogP contribution is -2.35. The van der Waals surface area contributed by atoms with Crippen LogP contribution in [-0.4, -0.2) is 24.1 Å². The average molecular weight is 183 g/mol. The summed E-state index contributed by atoms with van der Waals surface area (Å²) in [5.74, 6) is 1.14. The van der Waals surface area contributed by atoms with Crippen molar-refractivity contribution in [1.82, 2.24) is 5.32 Å². The van der Waals surface area contributed by atoms with Crippen LogP contribution in [0.25, 0.3) is 0 Å². The number of rotatable bonds is 0. The third kappa shape index (κ3) is 1.97. The van der Waals surface area contributed by atoms with E-state index in [1.165, 1.54) is 0 Å². The molecule has 1 aliphatic rings. The molecule has 0 aromatic rings. The molecule has 1 nitrogen and oxygen atoms in total. The second kappa shape index (κ2) is 2.95. The molecule has 0 aliphatic carbocycles. The van der Waals surface area contributed by atoms with Crippen LogP contribution < -0.4 is 5.32 Å². The van der Waals surface area contributed by atoms with Crippen molar-refractivity contribution >= 4 is 31.4 Å². The molecule has 56 valence electrons. The van der Waals surface area contributed by atoms with Gasteiger partial charge < -0.3 is 5.32 Å². The lowest BCUT2D eigenvalue weighted by atomic mass is 10.4. The van der Waals surface area contributed by atoms with E-state index in [9.17, 15) is 0 Å². The smallest absolute Gasteiger partial charge is 0.0154 e. The van der Waals surface area contributed by atoms with Crippen LogP contribution in [0.1, 0.15) is 6.92 Å². The van der Waals surface area contributed by atoms with Crippen molar-refractivity contribution in [3.05, 3.63) is 0 Å². The first kappa shape index (κ1) is 8.11. The highest BCUT2D eigenvalue weighted by molar-refractivity contribution is 9.18. The maximum Gasteiger partial charge on any atom is 0.0154 e. The Bertz CT molecular complexity index is 104. The van der Waals surface area contributed by atoms with Gasteiger partial charge in [-0.05, 0) is 0 Å². The van der Waals surface area contributed by atoms with Crippen molar-refractivity contribution in [3.8, 4) is 0 Å². The number of hydrogen-bond acceptors (Lipinski definition) is 3. The highest BCUT2D eigenvalue weighted by atomic mass is 33.5. The first-order valence-corrected chi connectivity index (χ1v) is 7.05. The molecule has 0 bridgehead atoms. The van der Waals surface area contributed by atoms with E-state index in [0.29, 0.717) is 5.25 Å². The second-order valence-corrected chi connectivity index (χ2v) is 9.86. The predicted octanol–water partition coefficient (Wildman–Crippen LogP) is 1.47. The van der Waals surface area contributed by atoms with Crippen molar-refractivity contribution in [2.45, 2.75) is 12.2 Å². The molecule has 0 saturated carbocycles. The maximum atomic E-state index is 4.52. The number of hydrogen-bond donors (Lipinski definition) is 3. The summed E-state index contributed by atoms with van der Waals surface area (Å²) in [6, 6.07) is 0. The molecule has 1 heterocycles. The number of thiol groups is 2. The van der Waals surface area contributed by atoms with Crippen LogP contribution in [0.4, 0.5) is 0 Å². The third-order valence-corrected chi connectivity index (χ3v) is 7.17. The topological polar surface area (TPSA) is 12.0 Å². The standard InChI is InChI=1S/C5H13NS3/c1-5-4-6-2-3-9(5,7)8/h5-8H,2-4H2,1H3. The quantitative estimate of drug-likeness (QED) is 0.382. The minimum atomic E-state index is -0.835. The van der Waals surface area contributed by atoms with Crippen molar-refractivity contribution in [2.75, 3.05) is 18.8 Å². The summed E-state index contributed by atoms with van der Waals surface area (Å²) in [7, 11) is -0.835. The zero-order valence-corrected chi connectivity index (χ0v) is 8.11. The molecule has 1 unspecified atom stereocenters. The van der Waals surface area contributed by atoms with Crippen LogP contribution in [0.15, 0.2) is 0 Å². The molecule has 0 spiro atoms. The SMILES string of the molecule is CC1CNCCS1(S)S. The first-order valence-electron chi connectivity index (χ1n) is 3.08. The summed E-state index contributed by atoms with van der Waals surface area (Å²) < 4.78 is 0. The van der Waals surface area contributed by atoms with Crippen molar-refractivity contribution in [1.29, 1.82) is 0 Å². The van der Waals surface area contributed by atoms with E-state index in [-0.39, 0.29) is 0 Å². The summed E-state index contributed by atoms with van der Waals surface area (Å²) >= 11 is 9.04. The summed E-state index contributed by atoms with van der Waals surface area (Å²) in [6.07, 6.45) is 0. The molecule has 1 saturated heterocycles. The third-order valence-electron chi connectivity index (χ3n) is 1.66. The van der Waals surface area contributed by atoms with Crippen LogP contribution in [0, 0.1) is 0 Å². The van der Waals surface area contributed by atoms with Gasteiger partial charge in [-0.15, -0.1) is 31.4 Å². The van der Waals surface area contributed by atoms with Gasteiger partial charge in [-0.25, -0.2) is 0 Å². The minimum absolute atomic E-state index is 0.651. The Labute approximate surface area is 67.9 Å². The van der Waals surface area contributed by atoms with Crippen LogP contribution in [-0.2, 0) is 0 Å². The minimum Gasteiger partial charge on any atom is -0.315 e. The normalized spacial score (nSPS) is 37.9. The van der Waals surface area contributed by atoms with Gasteiger partial charge in [0.25, 0.3) is 0 Å². The van der Waals surface area contributed by atoms with E-state index in [2.05, 4.69) is 35.6 Å². The molecule has 4 heteroatoms. The zero-order chi connectivity index (χ0) is 6.91. The summed E-state index contributed by atoms with van der Waals surface area (Å²) in [5.41, 5.74) is 0. The fourth-order valence-electron chi connectivity index (χ4n) is 0.862. The molecule has 1 N–H and O–H groups in total. The Morgan fingerprint density at radius 2 is 2.22 bits per heavy atom. The van der Waals surface area contributed by atoms with Crippen LogP contribution >= 0.6 is 31.4 Å². The van der Waals surface area contributed by atoms with Crippen molar-refractivity contribution in [2.24, 2.45) is 0 Å². The van der Waals surface area contributed by atoms with Gasteiger partial charge in [-0.2, -0.15) is 0 Å². The molecular weight excluding hydrogens is 170 g/mol. The lowest BCUT2D eigenvalue weighted by Gasteiger charge is -2.39. The van der Waals surface area contributed by atoms with Crippen LogP contribution in [0.5, 0.6) is 0 Å². The van der Waals surface area contributed by atoms with Gasteiger partial charge in [0.05, 0.1) is 0 Å². The Morgan fingerprint density at radius 3 is 2.56 bits per heavy atom. The molecule has 1 fully saturated rings. The molecule has 1 rings (SSSR count). The van der Waals surface area contributed by atoms with Gasteiger partial charge in [-0.3, -0.25) is 0 Å². The Hall–Kier alpha value is 1.01. The largest absolute Gasteiger partial charge is 0.315 e. The van der Waals surface area contributed by atoms with Crippen molar-refractivity contribution < 1.29 is 0 Å². The number of nitrogens with one attached hydrogen (secondary N) is 1. The molecule has 1 atom stereocenters. The molecule has 0 radical (unpaired) electrons. The summed E-state index contributed by atoms with van der Waals surface area (Å²) in [5, 5.41) is 3.96. The fourth-order valence-corrected chi connectivity index (χ4v) is 3.09. The van der Waals surface area contributed by atoms with E-state index in [1.54, 1.807) is 0 Å². The van der Waals surface area contributed by atoms with E-state index < -0.39 is 8.09 Å². The molecule has 9 heavy (non-hydrogen) atoms. The van der Waals surface area contributed by atoms with Gasteiger partial charge >= 0.3 is 0 Å². The average Bonchev–Trinajstić information content (AvgIpc) is 1.77. The highest BCUT2D eigenvalue weighted by Gasteiger charge is 2.25. The first-order chi connectivity index (χ1) is 4.13. The van der Waals surface area contributed by atoms with Crippen LogP contribution in [0.3, 0.4) is 0 Å². The lowest BCUT2D eigenvalue weighted by molar-refractivity contribution is 0.693. The Morgan fingerprint density at radius 1 is 1.56 bits per heavy atom. The van der Waals surface area contributed by atoms with E-state index in [4.69, 9.17) is 0 Å². The summed E-state index contributed by atoms with van der Waals surface area (Å²) in [6.45, 7) is 4.39. The second-order valence-electron chi connectivity index (χ2n) is 2.44. The van der Waals surface area contributed by atoms with Gasteiger partial charge in [0.1, 0.15) is 0 Å². The molecule has 0 aromatic heterocycles. The molecular formula is C5H13NS3. The Kier molecular flexibility index (Phi) is 2.65. The maximum absolute atomic E-state index is 4.52. The summed E-state index contributed by atoms with van der Waals surface area (Å²) in [4.78, 5) is 0. The van der Waals surface area contributed by atoms with Gasteiger partial charge in [0.2, 0.25) is 0 Å². The zero-order valence-electron chi connectivity index (χ0n) is 5.50. The van der Waals surface area contributed by atoms with Crippen LogP contribution in [0.2, 0.25) is 0 Å². The van der Waals surface area contributed by atoms with E-state index in [1.807, 2.05) is 0 Å².